The van der Waals surface area contributed by atoms with E-state index in [1.54, 1.807) is 0 Å². The van der Waals surface area contributed by atoms with Gasteiger partial charge in [-0.1, -0.05) is 26.2 Å². The Hall–Kier alpha value is -0.570. The Kier molecular flexibility index (Phi) is 5.48. The molecule has 3 heteroatoms. The Morgan fingerprint density at radius 1 is 1.17 bits per heavy atom. The van der Waals surface area contributed by atoms with E-state index in [-0.39, 0.29) is 0 Å². The van der Waals surface area contributed by atoms with E-state index < -0.39 is 0 Å². The Morgan fingerprint density at radius 2 is 1.94 bits per heavy atom. The Labute approximate surface area is 111 Å². The number of rotatable bonds is 5. The summed E-state index contributed by atoms with van der Waals surface area (Å²) >= 11 is 0. The fraction of sp³-hybridized carbons (Fsp3) is 0.933. The van der Waals surface area contributed by atoms with Crippen molar-refractivity contribution in [1.82, 2.24) is 10.2 Å². The highest BCUT2D eigenvalue weighted by atomic mass is 16.2. The van der Waals surface area contributed by atoms with Crippen molar-refractivity contribution in [2.45, 2.75) is 64.3 Å². The van der Waals surface area contributed by atoms with Gasteiger partial charge in [0.15, 0.2) is 0 Å². The van der Waals surface area contributed by atoms with E-state index in [4.69, 9.17) is 0 Å². The molecule has 1 unspecified atom stereocenters. The van der Waals surface area contributed by atoms with Crippen molar-refractivity contribution in [3.63, 3.8) is 0 Å². The molecule has 0 spiro atoms. The monoisotopic (exact) mass is 252 g/mol. The van der Waals surface area contributed by atoms with Gasteiger partial charge < -0.3 is 10.2 Å². The summed E-state index contributed by atoms with van der Waals surface area (Å²) in [5, 5.41) is 3.25. The largest absolute Gasteiger partial charge is 0.339 e. The van der Waals surface area contributed by atoms with Crippen LogP contribution in [0.25, 0.3) is 0 Å². The second-order valence-electron chi connectivity index (χ2n) is 5.80. The summed E-state index contributed by atoms with van der Waals surface area (Å²) in [6.45, 7) is 4.89. The molecule has 0 aromatic rings. The average molecular weight is 252 g/mol. The summed E-state index contributed by atoms with van der Waals surface area (Å²) in [5.41, 5.74) is 0. The summed E-state index contributed by atoms with van der Waals surface area (Å²) in [6.07, 6.45) is 9.99. The molecule has 18 heavy (non-hydrogen) atoms. The van der Waals surface area contributed by atoms with Gasteiger partial charge in [0, 0.05) is 25.6 Å². The highest BCUT2D eigenvalue weighted by Gasteiger charge is 2.34. The van der Waals surface area contributed by atoms with Crippen LogP contribution in [0.4, 0.5) is 0 Å². The van der Waals surface area contributed by atoms with E-state index in [0.717, 1.165) is 25.6 Å². The highest BCUT2D eigenvalue weighted by Crippen LogP contribution is 2.34. The van der Waals surface area contributed by atoms with Crippen molar-refractivity contribution in [2.75, 3.05) is 19.6 Å². The van der Waals surface area contributed by atoms with Gasteiger partial charge in [-0.15, -0.1) is 0 Å². The predicted octanol–water partition coefficient (Wildman–Crippen LogP) is 2.56. The summed E-state index contributed by atoms with van der Waals surface area (Å²) < 4.78 is 0. The fourth-order valence-corrected chi connectivity index (χ4v) is 3.63. The van der Waals surface area contributed by atoms with Gasteiger partial charge in [0.1, 0.15) is 0 Å². The number of carbonyl (C=O) groups is 1. The fourth-order valence-electron chi connectivity index (χ4n) is 3.63. The first kappa shape index (κ1) is 13.9. The molecule has 2 rings (SSSR count). The van der Waals surface area contributed by atoms with Gasteiger partial charge in [-0.3, -0.25) is 4.79 Å². The average Bonchev–Trinajstić information content (AvgIpc) is 2.89. The molecule has 0 aromatic heterocycles. The van der Waals surface area contributed by atoms with Crippen LogP contribution in [-0.4, -0.2) is 36.5 Å². The predicted molar refractivity (Wildman–Crippen MR) is 74.5 cm³/mol. The summed E-state index contributed by atoms with van der Waals surface area (Å²) in [4.78, 5) is 14.5. The minimum atomic E-state index is 0.379. The maximum absolute atomic E-state index is 12.3. The van der Waals surface area contributed by atoms with E-state index in [0.29, 0.717) is 18.4 Å². The van der Waals surface area contributed by atoms with Crippen LogP contribution in [0.2, 0.25) is 0 Å². The molecule has 0 bridgehead atoms. The number of carbonyl (C=O) groups excluding carboxylic acids is 1. The molecule has 2 aliphatic rings. The van der Waals surface area contributed by atoms with Crippen molar-refractivity contribution >= 4 is 5.91 Å². The minimum absolute atomic E-state index is 0.379. The van der Waals surface area contributed by atoms with Gasteiger partial charge in [-0.05, 0) is 38.1 Å². The zero-order chi connectivity index (χ0) is 12.8. The van der Waals surface area contributed by atoms with Gasteiger partial charge >= 0.3 is 0 Å². The van der Waals surface area contributed by atoms with E-state index in [2.05, 4.69) is 17.1 Å². The quantitative estimate of drug-likeness (QED) is 0.763. The smallest absolute Gasteiger partial charge is 0.224 e. The standard InChI is InChI=1S/C15H28N2O/c1-2-16-11-10-15(18)17-12-6-9-14(17)13-7-4-3-5-8-13/h13-14,16H,2-12H2,1H3. The zero-order valence-corrected chi connectivity index (χ0v) is 11.8. The lowest BCUT2D eigenvalue weighted by atomic mass is 9.83. The lowest BCUT2D eigenvalue weighted by molar-refractivity contribution is -0.133. The van der Waals surface area contributed by atoms with E-state index >= 15 is 0 Å². The van der Waals surface area contributed by atoms with Crippen LogP contribution in [0.3, 0.4) is 0 Å². The van der Waals surface area contributed by atoms with Crippen LogP contribution in [0.5, 0.6) is 0 Å². The van der Waals surface area contributed by atoms with E-state index in [9.17, 15) is 4.79 Å². The van der Waals surface area contributed by atoms with Gasteiger partial charge in [0.05, 0.1) is 0 Å². The minimum Gasteiger partial charge on any atom is -0.339 e. The van der Waals surface area contributed by atoms with Crippen LogP contribution in [0.15, 0.2) is 0 Å². The molecule has 2 fully saturated rings. The van der Waals surface area contributed by atoms with Crippen molar-refractivity contribution in [1.29, 1.82) is 0 Å². The third kappa shape index (κ3) is 3.47. The molecule has 1 amide bonds. The number of amides is 1. The van der Waals surface area contributed by atoms with Crippen LogP contribution >= 0.6 is 0 Å². The zero-order valence-electron chi connectivity index (χ0n) is 11.8. The van der Waals surface area contributed by atoms with E-state index in [1.807, 2.05) is 0 Å². The molecule has 1 aliphatic heterocycles. The first-order valence-electron chi connectivity index (χ1n) is 7.83. The third-order valence-electron chi connectivity index (χ3n) is 4.58. The van der Waals surface area contributed by atoms with Crippen LogP contribution < -0.4 is 5.32 Å². The molecular formula is C15H28N2O. The topological polar surface area (TPSA) is 32.3 Å². The SMILES string of the molecule is CCNCCC(=O)N1CCCC1C1CCCCC1. The normalized spacial score (nSPS) is 25.6. The summed E-state index contributed by atoms with van der Waals surface area (Å²) in [5.74, 6) is 1.17. The number of hydrogen-bond acceptors (Lipinski definition) is 2. The molecule has 1 heterocycles. The molecule has 1 N–H and O–H groups in total. The second-order valence-corrected chi connectivity index (χ2v) is 5.80. The second kappa shape index (κ2) is 7.13. The van der Waals surface area contributed by atoms with Crippen LogP contribution in [-0.2, 0) is 4.79 Å². The van der Waals surface area contributed by atoms with Crippen LogP contribution in [0.1, 0.15) is 58.3 Å². The molecular weight excluding hydrogens is 224 g/mol. The Bertz CT molecular complexity index is 261. The summed E-state index contributed by atoms with van der Waals surface area (Å²) in [7, 11) is 0. The molecule has 0 radical (unpaired) electrons. The van der Waals surface area contributed by atoms with Crippen molar-refractivity contribution < 1.29 is 4.79 Å². The molecule has 1 atom stereocenters. The van der Waals surface area contributed by atoms with Crippen molar-refractivity contribution in [3.05, 3.63) is 0 Å². The molecule has 1 aliphatic carbocycles. The summed E-state index contributed by atoms with van der Waals surface area (Å²) in [6, 6.07) is 0.569. The molecule has 3 nitrogen and oxygen atoms in total. The first-order chi connectivity index (χ1) is 8.83. The van der Waals surface area contributed by atoms with Gasteiger partial charge in [0.25, 0.3) is 0 Å². The Balaban J connectivity index is 1.84. The first-order valence-corrected chi connectivity index (χ1v) is 7.83. The number of nitrogens with one attached hydrogen (secondary N) is 1. The highest BCUT2D eigenvalue weighted by molar-refractivity contribution is 5.77. The molecule has 1 saturated heterocycles. The number of likely N-dealkylation sites (tertiary alicyclic amines) is 1. The maximum Gasteiger partial charge on any atom is 0.224 e. The number of hydrogen-bond donors (Lipinski definition) is 1. The maximum atomic E-state index is 12.3. The van der Waals surface area contributed by atoms with Gasteiger partial charge in [-0.2, -0.15) is 0 Å². The van der Waals surface area contributed by atoms with Gasteiger partial charge in [0.2, 0.25) is 5.91 Å². The molecule has 1 saturated carbocycles. The lowest BCUT2D eigenvalue weighted by Gasteiger charge is -2.34. The van der Waals surface area contributed by atoms with E-state index in [1.165, 1.54) is 44.9 Å². The number of nitrogens with zero attached hydrogens (tertiary/aromatic N) is 1. The van der Waals surface area contributed by atoms with Gasteiger partial charge in [-0.25, -0.2) is 0 Å². The lowest BCUT2D eigenvalue weighted by Crippen LogP contribution is -2.41. The van der Waals surface area contributed by atoms with Crippen molar-refractivity contribution in [3.8, 4) is 0 Å². The van der Waals surface area contributed by atoms with Crippen molar-refractivity contribution in [2.24, 2.45) is 5.92 Å². The third-order valence-corrected chi connectivity index (χ3v) is 4.58. The Morgan fingerprint density at radius 3 is 2.67 bits per heavy atom. The molecule has 0 aromatic carbocycles. The van der Waals surface area contributed by atoms with Crippen LogP contribution in [0, 0.1) is 5.92 Å². The molecule has 104 valence electrons.